The van der Waals surface area contributed by atoms with Gasteiger partial charge in [0, 0.05) is 65.8 Å². The van der Waals surface area contributed by atoms with Crippen molar-refractivity contribution in [2.45, 2.75) is 6.54 Å². The molecule has 192 valence electrons. The van der Waals surface area contributed by atoms with Gasteiger partial charge in [-0.1, -0.05) is 12.1 Å². The third-order valence-electron chi connectivity index (χ3n) is 6.49. The van der Waals surface area contributed by atoms with Crippen molar-refractivity contribution in [3.8, 4) is 21.7 Å². The van der Waals surface area contributed by atoms with Gasteiger partial charge < -0.3 is 10.1 Å². The monoisotopic (exact) mass is 528 g/mol. The lowest BCUT2D eigenvalue weighted by atomic mass is 10.0. The molecule has 4 heterocycles. The SMILES string of the molecule is O=C(Nc1cc2cn(CCN3CCOCC3)nc2cc1-c1ccc(F)cc1)c1csc(-c2cccnc2)n1. The molecule has 0 aliphatic carbocycles. The normalized spacial score (nSPS) is 14.1. The van der Waals surface area contributed by atoms with Gasteiger partial charge in [-0.05, 0) is 42.0 Å². The predicted molar refractivity (Wildman–Crippen MR) is 146 cm³/mol. The third kappa shape index (κ3) is 5.33. The van der Waals surface area contributed by atoms with Crippen LogP contribution in [0.3, 0.4) is 0 Å². The Labute approximate surface area is 222 Å². The first-order valence-corrected chi connectivity index (χ1v) is 13.2. The van der Waals surface area contributed by atoms with E-state index < -0.39 is 0 Å². The highest BCUT2D eigenvalue weighted by Crippen LogP contribution is 2.33. The summed E-state index contributed by atoms with van der Waals surface area (Å²) in [4.78, 5) is 24.2. The molecular weight excluding hydrogens is 503 g/mol. The number of hydrogen-bond acceptors (Lipinski definition) is 7. The number of halogens is 1. The maximum absolute atomic E-state index is 13.7. The molecule has 3 aromatic heterocycles. The van der Waals surface area contributed by atoms with Crippen molar-refractivity contribution in [1.29, 1.82) is 0 Å². The molecule has 0 unspecified atom stereocenters. The summed E-state index contributed by atoms with van der Waals surface area (Å²) in [6.45, 7) is 4.99. The van der Waals surface area contributed by atoms with Gasteiger partial charge in [-0.25, -0.2) is 9.37 Å². The average molecular weight is 529 g/mol. The zero-order chi connectivity index (χ0) is 25.9. The number of thiazole rings is 1. The Morgan fingerprint density at radius 1 is 1.08 bits per heavy atom. The lowest BCUT2D eigenvalue weighted by molar-refractivity contribution is 0.0360. The zero-order valence-electron chi connectivity index (χ0n) is 20.5. The molecule has 6 rings (SSSR count). The number of nitrogens with zero attached hydrogens (tertiary/aromatic N) is 5. The van der Waals surface area contributed by atoms with Gasteiger partial charge in [0.1, 0.15) is 16.5 Å². The Balaban J connectivity index is 1.29. The molecule has 1 fully saturated rings. The molecule has 10 heteroatoms. The van der Waals surface area contributed by atoms with E-state index in [1.54, 1.807) is 29.9 Å². The fraction of sp³-hybridized carbons (Fsp3) is 0.214. The van der Waals surface area contributed by atoms with Gasteiger partial charge in [-0.2, -0.15) is 5.10 Å². The van der Waals surface area contributed by atoms with Crippen LogP contribution in [0.5, 0.6) is 0 Å². The number of pyridine rings is 1. The van der Waals surface area contributed by atoms with Gasteiger partial charge in [-0.3, -0.25) is 19.4 Å². The second-order valence-corrected chi connectivity index (χ2v) is 9.90. The summed E-state index contributed by atoms with van der Waals surface area (Å²) in [6, 6.07) is 13.8. The molecule has 1 saturated heterocycles. The number of hydrogen-bond donors (Lipinski definition) is 1. The van der Waals surface area contributed by atoms with Gasteiger partial charge in [0.05, 0.1) is 25.3 Å². The Kier molecular flexibility index (Phi) is 6.91. The molecule has 38 heavy (non-hydrogen) atoms. The molecule has 8 nitrogen and oxygen atoms in total. The van der Waals surface area contributed by atoms with Crippen molar-refractivity contribution < 1.29 is 13.9 Å². The fourth-order valence-corrected chi connectivity index (χ4v) is 5.25. The predicted octanol–water partition coefficient (Wildman–Crippen LogP) is 4.95. The number of aromatic nitrogens is 4. The van der Waals surface area contributed by atoms with E-state index >= 15 is 0 Å². The summed E-state index contributed by atoms with van der Waals surface area (Å²) in [5.74, 6) is -0.642. The number of ether oxygens (including phenoxy) is 1. The molecule has 0 spiro atoms. The minimum absolute atomic E-state index is 0.320. The van der Waals surface area contributed by atoms with Crippen LogP contribution in [0, 0.1) is 5.82 Å². The van der Waals surface area contributed by atoms with E-state index in [1.807, 2.05) is 35.1 Å². The molecule has 1 N–H and O–H groups in total. The maximum atomic E-state index is 13.7. The fourth-order valence-electron chi connectivity index (χ4n) is 4.46. The lowest BCUT2D eigenvalue weighted by Crippen LogP contribution is -2.38. The van der Waals surface area contributed by atoms with Gasteiger partial charge in [0.2, 0.25) is 0 Å². The first kappa shape index (κ1) is 24.4. The van der Waals surface area contributed by atoms with Crippen LogP contribution in [-0.4, -0.2) is 63.4 Å². The number of benzene rings is 2. The summed E-state index contributed by atoms with van der Waals surface area (Å²) in [6.07, 6.45) is 5.41. The quantitative estimate of drug-likeness (QED) is 0.322. The van der Waals surface area contributed by atoms with Gasteiger partial charge in [-0.15, -0.1) is 11.3 Å². The molecular formula is C28H25FN6O2S. The average Bonchev–Trinajstić information content (AvgIpc) is 3.60. The highest BCUT2D eigenvalue weighted by atomic mass is 32.1. The van der Waals surface area contributed by atoms with Crippen LogP contribution >= 0.6 is 11.3 Å². The minimum Gasteiger partial charge on any atom is -0.379 e. The maximum Gasteiger partial charge on any atom is 0.275 e. The third-order valence-corrected chi connectivity index (χ3v) is 7.38. The molecule has 0 bridgehead atoms. The van der Waals surface area contributed by atoms with Crippen LogP contribution in [0.15, 0.2) is 72.5 Å². The first-order chi connectivity index (χ1) is 18.6. The van der Waals surface area contributed by atoms with Crippen molar-refractivity contribution in [3.63, 3.8) is 0 Å². The molecule has 2 aromatic carbocycles. The van der Waals surface area contributed by atoms with Crippen LogP contribution in [0.25, 0.3) is 32.6 Å². The lowest BCUT2D eigenvalue weighted by Gasteiger charge is -2.26. The van der Waals surface area contributed by atoms with E-state index in [0.717, 1.165) is 72.0 Å². The number of anilines is 1. The Bertz CT molecular complexity index is 1560. The summed E-state index contributed by atoms with van der Waals surface area (Å²) in [5, 5.41) is 11.2. The van der Waals surface area contributed by atoms with E-state index in [9.17, 15) is 9.18 Å². The van der Waals surface area contributed by atoms with Gasteiger partial charge in [0.15, 0.2) is 0 Å². The molecule has 1 aliphatic rings. The number of carbonyl (C=O) groups excluding carboxylic acids is 1. The number of amides is 1. The molecule has 5 aromatic rings. The number of carbonyl (C=O) groups is 1. The molecule has 0 atom stereocenters. The molecule has 0 saturated carbocycles. The van der Waals surface area contributed by atoms with Crippen molar-refractivity contribution in [2.24, 2.45) is 0 Å². The number of rotatable bonds is 7. The molecule has 0 radical (unpaired) electrons. The van der Waals surface area contributed by atoms with Crippen LogP contribution in [0.1, 0.15) is 10.5 Å². The van der Waals surface area contributed by atoms with Crippen molar-refractivity contribution in [3.05, 3.63) is 84.0 Å². The van der Waals surface area contributed by atoms with Crippen LogP contribution in [-0.2, 0) is 11.3 Å². The van der Waals surface area contributed by atoms with E-state index in [2.05, 4.69) is 20.2 Å². The summed E-state index contributed by atoms with van der Waals surface area (Å²) >= 11 is 1.39. The topological polar surface area (TPSA) is 85.2 Å². The van der Waals surface area contributed by atoms with Gasteiger partial charge in [0.25, 0.3) is 5.91 Å². The Morgan fingerprint density at radius 2 is 1.92 bits per heavy atom. The first-order valence-electron chi connectivity index (χ1n) is 12.4. The number of fused-ring (bicyclic) bond motifs is 1. The number of morpholine rings is 1. The van der Waals surface area contributed by atoms with Crippen LogP contribution in [0.4, 0.5) is 10.1 Å². The summed E-state index contributed by atoms with van der Waals surface area (Å²) < 4.78 is 21.0. The van der Waals surface area contributed by atoms with Crippen LogP contribution < -0.4 is 5.32 Å². The standard InChI is InChI=1S/C28H25FN6O2S/c29-22-5-3-19(4-6-22)23-15-24-21(17-35(33-24)9-8-34-10-12-37-13-11-34)14-25(23)31-27(36)26-18-38-28(32-26)20-2-1-7-30-16-20/h1-7,14-18H,8-13H2,(H,31,36). The van der Waals surface area contributed by atoms with Crippen molar-refractivity contribution in [1.82, 2.24) is 24.6 Å². The van der Waals surface area contributed by atoms with Crippen molar-refractivity contribution >= 4 is 33.8 Å². The minimum atomic E-state index is -0.321. The smallest absolute Gasteiger partial charge is 0.275 e. The zero-order valence-corrected chi connectivity index (χ0v) is 21.3. The van der Waals surface area contributed by atoms with E-state index in [0.29, 0.717) is 11.4 Å². The second-order valence-electron chi connectivity index (χ2n) is 9.04. The van der Waals surface area contributed by atoms with Crippen molar-refractivity contribution in [2.75, 3.05) is 38.2 Å². The highest BCUT2D eigenvalue weighted by Gasteiger charge is 2.17. The largest absolute Gasteiger partial charge is 0.379 e. The highest BCUT2D eigenvalue weighted by molar-refractivity contribution is 7.13. The van der Waals surface area contributed by atoms with E-state index in [-0.39, 0.29) is 11.7 Å². The molecule has 1 aliphatic heterocycles. The Hall–Kier alpha value is -3.99. The van der Waals surface area contributed by atoms with E-state index in [4.69, 9.17) is 9.84 Å². The van der Waals surface area contributed by atoms with E-state index in [1.165, 1.54) is 23.5 Å². The summed E-state index contributed by atoms with van der Waals surface area (Å²) in [5.41, 5.74) is 4.12. The van der Waals surface area contributed by atoms with Crippen LogP contribution in [0.2, 0.25) is 0 Å². The second kappa shape index (κ2) is 10.8. The van der Waals surface area contributed by atoms with Gasteiger partial charge >= 0.3 is 0 Å². The molecule has 1 amide bonds. The summed E-state index contributed by atoms with van der Waals surface area (Å²) in [7, 11) is 0. The number of nitrogens with one attached hydrogen (secondary N) is 1. The Morgan fingerprint density at radius 3 is 2.71 bits per heavy atom.